The number of hydrazone groups is 1. The van der Waals surface area contributed by atoms with Crippen LogP contribution in [0.1, 0.15) is 21.5 Å². The van der Waals surface area contributed by atoms with Crippen molar-refractivity contribution in [2.75, 3.05) is 5.73 Å². The number of para-hydroxylation sites is 1. The van der Waals surface area contributed by atoms with Crippen molar-refractivity contribution in [2.24, 2.45) is 5.10 Å². The first kappa shape index (κ1) is 19.6. The number of ether oxygens (including phenoxy) is 1. The van der Waals surface area contributed by atoms with Crippen molar-refractivity contribution in [1.82, 2.24) is 5.43 Å². The van der Waals surface area contributed by atoms with Crippen LogP contribution < -0.4 is 15.9 Å². The van der Waals surface area contributed by atoms with Crippen LogP contribution in [0.25, 0.3) is 0 Å². The number of benzene rings is 3. The van der Waals surface area contributed by atoms with Crippen molar-refractivity contribution in [2.45, 2.75) is 6.61 Å². The van der Waals surface area contributed by atoms with Crippen LogP contribution >= 0.6 is 0 Å². The molecule has 0 unspecified atom stereocenters. The van der Waals surface area contributed by atoms with E-state index in [0.29, 0.717) is 23.6 Å². The van der Waals surface area contributed by atoms with Gasteiger partial charge in [0.15, 0.2) is 0 Å². The minimum atomic E-state index is -0.442. The molecule has 0 aliphatic carbocycles. The predicted octanol–water partition coefficient (Wildman–Crippen LogP) is 3.52. The van der Waals surface area contributed by atoms with E-state index in [4.69, 9.17) is 10.5 Å². The van der Waals surface area contributed by atoms with Crippen molar-refractivity contribution in [3.63, 3.8) is 0 Å². The molecule has 3 rings (SSSR count). The highest BCUT2D eigenvalue weighted by atomic mass is 16.6. The molecule has 0 aliphatic rings. The molecular weight excluding hydrogens is 372 g/mol. The lowest BCUT2D eigenvalue weighted by Crippen LogP contribution is -2.18. The summed E-state index contributed by atoms with van der Waals surface area (Å²) < 4.78 is 5.66. The molecule has 8 nitrogen and oxygen atoms in total. The lowest BCUT2D eigenvalue weighted by atomic mass is 10.2. The van der Waals surface area contributed by atoms with E-state index >= 15 is 0 Å². The molecule has 0 saturated heterocycles. The van der Waals surface area contributed by atoms with E-state index in [1.807, 2.05) is 0 Å². The normalized spacial score (nSPS) is 10.6. The Labute approximate surface area is 166 Å². The van der Waals surface area contributed by atoms with Gasteiger partial charge in [-0.05, 0) is 59.7 Å². The number of nitro groups is 1. The highest BCUT2D eigenvalue weighted by molar-refractivity contribution is 5.99. The Bertz CT molecular complexity index is 1030. The van der Waals surface area contributed by atoms with Gasteiger partial charge < -0.3 is 10.5 Å². The minimum Gasteiger partial charge on any atom is -0.489 e. The number of nitrogen functional groups attached to an aromatic ring is 1. The molecule has 146 valence electrons. The van der Waals surface area contributed by atoms with Crippen LogP contribution in [0.2, 0.25) is 0 Å². The molecule has 0 aromatic heterocycles. The number of carbonyl (C=O) groups is 1. The summed E-state index contributed by atoms with van der Waals surface area (Å²) in [5, 5.41) is 14.6. The van der Waals surface area contributed by atoms with E-state index in [2.05, 4.69) is 10.5 Å². The Morgan fingerprint density at radius 3 is 2.41 bits per heavy atom. The zero-order valence-electron chi connectivity index (χ0n) is 15.3. The molecule has 0 aliphatic heterocycles. The summed E-state index contributed by atoms with van der Waals surface area (Å²) in [5.74, 6) is 0.254. The fourth-order valence-electron chi connectivity index (χ4n) is 2.46. The van der Waals surface area contributed by atoms with E-state index in [-0.39, 0.29) is 11.6 Å². The number of nitrogens with zero attached hydrogens (tertiary/aromatic N) is 2. The van der Waals surface area contributed by atoms with Crippen molar-refractivity contribution in [3.8, 4) is 5.75 Å². The van der Waals surface area contributed by atoms with Crippen molar-refractivity contribution in [3.05, 3.63) is 99.6 Å². The van der Waals surface area contributed by atoms with E-state index in [1.54, 1.807) is 60.7 Å². The topological polar surface area (TPSA) is 120 Å². The molecular formula is C21H18N4O4. The summed E-state index contributed by atoms with van der Waals surface area (Å²) >= 11 is 0. The summed E-state index contributed by atoms with van der Waals surface area (Å²) in [5.41, 5.74) is 10.6. The molecule has 8 heteroatoms. The number of anilines is 1. The van der Waals surface area contributed by atoms with Gasteiger partial charge in [-0.3, -0.25) is 14.9 Å². The van der Waals surface area contributed by atoms with Crippen molar-refractivity contribution in [1.29, 1.82) is 0 Å². The smallest absolute Gasteiger partial charge is 0.273 e. The molecule has 0 heterocycles. The standard InChI is InChI=1S/C21H18N4O4/c22-20-4-2-1-3-19(20)21(26)24-23-13-15-7-11-18(12-8-15)29-14-16-5-9-17(10-6-16)25(27)28/h1-13H,14,22H2,(H,24,26)/b23-13+. The van der Waals surface area contributed by atoms with Gasteiger partial charge in [-0.2, -0.15) is 5.10 Å². The monoisotopic (exact) mass is 390 g/mol. The molecule has 3 N–H and O–H groups in total. The highest BCUT2D eigenvalue weighted by Crippen LogP contribution is 2.16. The maximum absolute atomic E-state index is 12.0. The van der Waals surface area contributed by atoms with Gasteiger partial charge in [0.2, 0.25) is 0 Å². The SMILES string of the molecule is Nc1ccccc1C(=O)N/N=C/c1ccc(OCc2ccc([N+](=O)[O-])cc2)cc1. The molecule has 29 heavy (non-hydrogen) atoms. The molecule has 1 amide bonds. The van der Waals surface area contributed by atoms with Crippen LogP contribution in [-0.4, -0.2) is 17.0 Å². The molecule has 0 radical (unpaired) electrons. The quantitative estimate of drug-likeness (QED) is 0.277. The zero-order valence-corrected chi connectivity index (χ0v) is 15.3. The Kier molecular flexibility index (Phi) is 6.16. The molecule has 0 fully saturated rings. The third kappa shape index (κ3) is 5.39. The van der Waals surface area contributed by atoms with Crippen LogP contribution in [0.4, 0.5) is 11.4 Å². The number of nitrogens with two attached hydrogens (primary N) is 1. The zero-order chi connectivity index (χ0) is 20.6. The van der Waals surface area contributed by atoms with E-state index in [0.717, 1.165) is 11.1 Å². The molecule has 3 aromatic carbocycles. The Morgan fingerprint density at radius 1 is 1.07 bits per heavy atom. The molecule has 0 saturated carbocycles. The second kappa shape index (κ2) is 9.14. The third-order valence-corrected chi connectivity index (χ3v) is 4.02. The lowest BCUT2D eigenvalue weighted by Gasteiger charge is -2.06. The number of non-ortho nitro benzene ring substituents is 1. The van der Waals surface area contributed by atoms with E-state index in [9.17, 15) is 14.9 Å². The van der Waals surface area contributed by atoms with Crippen molar-refractivity contribution >= 4 is 23.5 Å². The first-order valence-electron chi connectivity index (χ1n) is 8.67. The van der Waals surface area contributed by atoms with E-state index < -0.39 is 4.92 Å². The molecule has 0 atom stereocenters. The number of carbonyl (C=O) groups excluding carboxylic acids is 1. The Balaban J connectivity index is 1.52. The predicted molar refractivity (Wildman–Crippen MR) is 110 cm³/mol. The second-order valence-electron chi connectivity index (χ2n) is 6.07. The average molecular weight is 390 g/mol. The van der Waals surface area contributed by atoms with Gasteiger partial charge in [-0.1, -0.05) is 12.1 Å². The van der Waals surface area contributed by atoms with Gasteiger partial charge in [-0.25, -0.2) is 5.43 Å². The van der Waals surface area contributed by atoms with Crippen LogP contribution in [0.15, 0.2) is 77.9 Å². The summed E-state index contributed by atoms with van der Waals surface area (Å²) in [4.78, 5) is 22.2. The number of nitrogens with one attached hydrogen (secondary N) is 1. The number of nitro benzene ring substituents is 1. The number of rotatable bonds is 7. The highest BCUT2D eigenvalue weighted by Gasteiger charge is 2.07. The molecule has 3 aromatic rings. The Morgan fingerprint density at radius 2 is 1.76 bits per heavy atom. The first-order chi connectivity index (χ1) is 14.0. The van der Waals surface area contributed by atoms with Crippen molar-refractivity contribution < 1.29 is 14.5 Å². The number of amides is 1. The van der Waals surface area contributed by atoms with Crippen LogP contribution in [0.5, 0.6) is 5.75 Å². The van der Waals surface area contributed by atoms with Crippen LogP contribution in [0.3, 0.4) is 0 Å². The number of hydrogen-bond donors (Lipinski definition) is 2. The minimum absolute atomic E-state index is 0.0411. The van der Waals surface area contributed by atoms with Gasteiger partial charge in [0, 0.05) is 17.8 Å². The number of hydrogen-bond acceptors (Lipinski definition) is 6. The molecule has 0 bridgehead atoms. The molecule has 0 spiro atoms. The fourth-order valence-corrected chi connectivity index (χ4v) is 2.46. The first-order valence-corrected chi connectivity index (χ1v) is 8.67. The lowest BCUT2D eigenvalue weighted by molar-refractivity contribution is -0.384. The maximum Gasteiger partial charge on any atom is 0.273 e. The summed E-state index contributed by atoms with van der Waals surface area (Å²) in [7, 11) is 0. The average Bonchev–Trinajstić information content (AvgIpc) is 2.73. The van der Waals surface area contributed by atoms with E-state index in [1.165, 1.54) is 18.3 Å². The summed E-state index contributed by atoms with van der Waals surface area (Å²) in [6.07, 6.45) is 1.51. The summed E-state index contributed by atoms with van der Waals surface area (Å²) in [6.45, 7) is 0.292. The van der Waals surface area contributed by atoms with Gasteiger partial charge >= 0.3 is 0 Å². The largest absolute Gasteiger partial charge is 0.489 e. The van der Waals surface area contributed by atoms with Gasteiger partial charge in [-0.15, -0.1) is 0 Å². The maximum atomic E-state index is 12.0. The summed E-state index contributed by atoms with van der Waals surface area (Å²) in [6, 6.07) is 20.0. The second-order valence-corrected chi connectivity index (χ2v) is 6.07. The van der Waals surface area contributed by atoms with Gasteiger partial charge in [0.1, 0.15) is 12.4 Å². The Hall–Kier alpha value is -4.20. The fraction of sp³-hybridized carbons (Fsp3) is 0.0476. The van der Waals surface area contributed by atoms with Gasteiger partial charge in [0.25, 0.3) is 11.6 Å². The third-order valence-electron chi connectivity index (χ3n) is 4.02. The van der Waals surface area contributed by atoms with Crippen LogP contribution in [0, 0.1) is 10.1 Å². The van der Waals surface area contributed by atoms with Gasteiger partial charge in [0.05, 0.1) is 16.7 Å². The van der Waals surface area contributed by atoms with Crippen LogP contribution in [-0.2, 0) is 6.61 Å².